The number of hydrogen-bond acceptors (Lipinski definition) is 6. The number of aromatic nitrogens is 3. The Labute approximate surface area is 180 Å². The lowest BCUT2D eigenvalue weighted by Gasteiger charge is -2.26. The fraction of sp³-hybridized carbons (Fsp3) is 0.318. The third-order valence-corrected chi connectivity index (χ3v) is 5.79. The zero-order chi connectivity index (χ0) is 21.4. The molecular formula is C22H23ClN4O3. The van der Waals surface area contributed by atoms with Crippen molar-refractivity contribution in [3.8, 4) is 11.4 Å². The maximum absolute atomic E-state index is 12.4. The molecular weight excluding hydrogens is 404 g/mol. The second-order valence-electron chi connectivity index (χ2n) is 7.31. The van der Waals surface area contributed by atoms with E-state index in [0.29, 0.717) is 10.8 Å². The molecule has 4 rings (SSSR count). The molecule has 156 valence electrons. The monoisotopic (exact) mass is 426 g/mol. The molecule has 0 fully saturated rings. The zero-order valence-corrected chi connectivity index (χ0v) is 18.0. The number of benzene rings is 2. The number of ether oxygens (including phenoxy) is 2. The topological polar surface area (TPSA) is 78.3 Å². The van der Waals surface area contributed by atoms with Crippen molar-refractivity contribution in [3.63, 3.8) is 0 Å². The molecule has 30 heavy (non-hydrogen) atoms. The molecule has 0 saturated heterocycles. The lowest BCUT2D eigenvalue weighted by Crippen LogP contribution is -2.35. The van der Waals surface area contributed by atoms with Gasteiger partial charge in [-0.3, -0.25) is 14.7 Å². The molecule has 0 radical (unpaired) electrons. The second kappa shape index (κ2) is 8.08. The minimum absolute atomic E-state index is 0.231. The highest BCUT2D eigenvalue weighted by atomic mass is 35.5. The van der Waals surface area contributed by atoms with Crippen molar-refractivity contribution < 1.29 is 14.3 Å². The Morgan fingerprint density at radius 3 is 2.57 bits per heavy atom. The van der Waals surface area contributed by atoms with Crippen LogP contribution in [0, 0.1) is 12.8 Å². The summed E-state index contributed by atoms with van der Waals surface area (Å²) in [6, 6.07) is 12.9. The van der Waals surface area contributed by atoms with Crippen LogP contribution < -0.4 is 10.1 Å². The minimum atomic E-state index is -0.483. The highest BCUT2D eigenvalue weighted by Gasteiger charge is 2.37. The van der Waals surface area contributed by atoms with E-state index in [4.69, 9.17) is 21.1 Å². The first-order valence-corrected chi connectivity index (χ1v) is 10.0. The first kappa shape index (κ1) is 20.4. The number of nitrogens with zero attached hydrogens (tertiary/aromatic N) is 3. The summed E-state index contributed by atoms with van der Waals surface area (Å²) in [5, 5.41) is 13.0. The van der Waals surface area contributed by atoms with Gasteiger partial charge in [0.1, 0.15) is 11.6 Å². The van der Waals surface area contributed by atoms with Crippen molar-refractivity contribution in [1.29, 1.82) is 0 Å². The van der Waals surface area contributed by atoms with Gasteiger partial charge in [0.15, 0.2) is 5.82 Å². The Morgan fingerprint density at radius 2 is 1.90 bits per heavy atom. The minimum Gasteiger partial charge on any atom is -0.497 e. The summed E-state index contributed by atoms with van der Waals surface area (Å²) in [7, 11) is 3.03. The van der Waals surface area contributed by atoms with Gasteiger partial charge in [-0.05, 0) is 49.7 Å². The summed E-state index contributed by atoms with van der Waals surface area (Å²) in [6.07, 6.45) is 0. The van der Waals surface area contributed by atoms with Crippen LogP contribution in [-0.4, -0.2) is 35.0 Å². The van der Waals surface area contributed by atoms with Crippen LogP contribution in [-0.2, 0) is 9.53 Å². The number of nitrogens with one attached hydrogen (secondary N) is 1. The lowest BCUT2D eigenvalue weighted by atomic mass is 9.94. The maximum Gasteiger partial charge on any atom is 0.310 e. The second-order valence-corrected chi connectivity index (χ2v) is 7.74. The van der Waals surface area contributed by atoms with Crippen LogP contribution in [0.1, 0.15) is 41.8 Å². The van der Waals surface area contributed by atoms with Gasteiger partial charge in [0.2, 0.25) is 0 Å². The summed E-state index contributed by atoms with van der Waals surface area (Å²) < 4.78 is 12.5. The summed E-state index contributed by atoms with van der Waals surface area (Å²) in [4.78, 5) is 12.4. The van der Waals surface area contributed by atoms with Crippen molar-refractivity contribution in [3.05, 3.63) is 70.3 Å². The molecule has 8 heteroatoms. The van der Waals surface area contributed by atoms with E-state index in [1.807, 2.05) is 60.9 Å². The largest absolute Gasteiger partial charge is 0.497 e. The molecule has 3 atom stereocenters. The predicted molar refractivity (Wildman–Crippen MR) is 113 cm³/mol. The number of carbonyl (C=O) groups is 1. The summed E-state index contributed by atoms with van der Waals surface area (Å²) >= 11 is 6.12. The van der Waals surface area contributed by atoms with Crippen LogP contribution in [0.2, 0.25) is 5.02 Å². The van der Waals surface area contributed by atoms with Crippen molar-refractivity contribution in [2.75, 3.05) is 14.2 Å². The quantitative estimate of drug-likeness (QED) is 0.639. The maximum atomic E-state index is 12.4. The van der Waals surface area contributed by atoms with E-state index in [-0.39, 0.29) is 12.0 Å². The SMILES string of the molecule is COC(=O)[C@H](C)[C@@H]1NC(c2ccc(Cl)cc2)c2cc(OC)ccc2-n2c(C)nnc21. The Morgan fingerprint density at radius 1 is 1.17 bits per heavy atom. The van der Waals surface area contributed by atoms with Gasteiger partial charge in [-0.2, -0.15) is 0 Å². The van der Waals surface area contributed by atoms with Crippen molar-refractivity contribution in [2.45, 2.75) is 25.9 Å². The van der Waals surface area contributed by atoms with Gasteiger partial charge in [-0.15, -0.1) is 10.2 Å². The van der Waals surface area contributed by atoms with Crippen molar-refractivity contribution in [1.82, 2.24) is 20.1 Å². The molecule has 2 heterocycles. The number of rotatable bonds is 4. The third kappa shape index (κ3) is 3.44. The summed E-state index contributed by atoms with van der Waals surface area (Å²) in [5.74, 6) is 1.33. The van der Waals surface area contributed by atoms with E-state index in [9.17, 15) is 4.79 Å². The van der Waals surface area contributed by atoms with Gasteiger partial charge in [0.05, 0.1) is 37.9 Å². The van der Waals surface area contributed by atoms with E-state index in [1.54, 1.807) is 7.11 Å². The fourth-order valence-corrected chi connectivity index (χ4v) is 4.06. The number of hydrogen-bond donors (Lipinski definition) is 1. The van der Waals surface area contributed by atoms with Gasteiger partial charge >= 0.3 is 5.97 Å². The van der Waals surface area contributed by atoms with Gasteiger partial charge in [0, 0.05) is 10.6 Å². The Hall–Kier alpha value is -2.90. The molecule has 1 aliphatic rings. The molecule has 0 amide bonds. The lowest BCUT2D eigenvalue weighted by molar-refractivity contribution is -0.146. The molecule has 2 aromatic carbocycles. The van der Waals surface area contributed by atoms with Gasteiger partial charge < -0.3 is 9.47 Å². The Bertz CT molecular complexity index is 1080. The standard InChI is InChI=1S/C22H23ClN4O3/c1-12(22(28)30-4)19-21-26-25-13(2)27(21)18-10-9-16(29-3)11-17(18)20(24-19)14-5-7-15(23)8-6-14/h5-12,19-20,24H,1-4H3/t12-,19+,20?/m1/s1. The Balaban J connectivity index is 1.95. The molecule has 0 bridgehead atoms. The van der Waals surface area contributed by atoms with Crippen molar-refractivity contribution >= 4 is 17.6 Å². The number of halogens is 1. The number of carbonyl (C=O) groups excluding carboxylic acids is 1. The van der Waals surface area contributed by atoms with E-state index in [1.165, 1.54) is 7.11 Å². The summed E-state index contributed by atoms with van der Waals surface area (Å²) in [5.41, 5.74) is 2.92. The van der Waals surface area contributed by atoms with Gasteiger partial charge in [0.25, 0.3) is 0 Å². The Kier molecular flexibility index (Phi) is 5.49. The molecule has 1 unspecified atom stereocenters. The molecule has 0 spiro atoms. The van der Waals surface area contributed by atoms with Crippen molar-refractivity contribution in [2.24, 2.45) is 5.92 Å². The fourth-order valence-electron chi connectivity index (χ4n) is 3.94. The first-order valence-electron chi connectivity index (χ1n) is 9.64. The van der Waals surface area contributed by atoms with Crippen LogP contribution in [0.5, 0.6) is 5.75 Å². The van der Waals surface area contributed by atoms with E-state index in [2.05, 4.69) is 15.5 Å². The number of aryl methyl sites for hydroxylation is 1. The molecule has 1 aliphatic heterocycles. The number of esters is 1. The molecule has 7 nitrogen and oxygen atoms in total. The van der Waals surface area contributed by atoms with Gasteiger partial charge in [-0.1, -0.05) is 23.7 Å². The van der Waals surface area contributed by atoms with Crippen LogP contribution in [0.3, 0.4) is 0 Å². The van der Waals surface area contributed by atoms with Crippen LogP contribution in [0.15, 0.2) is 42.5 Å². The smallest absolute Gasteiger partial charge is 0.310 e. The highest BCUT2D eigenvalue weighted by Crippen LogP contribution is 2.39. The average molecular weight is 427 g/mol. The number of fused-ring (bicyclic) bond motifs is 3. The molecule has 1 N–H and O–H groups in total. The molecule has 0 aliphatic carbocycles. The molecule has 3 aromatic rings. The van der Waals surface area contributed by atoms with E-state index >= 15 is 0 Å². The third-order valence-electron chi connectivity index (χ3n) is 5.54. The zero-order valence-electron chi connectivity index (χ0n) is 17.2. The number of methoxy groups -OCH3 is 2. The molecule has 1 aromatic heterocycles. The predicted octanol–water partition coefficient (Wildman–Crippen LogP) is 3.78. The average Bonchev–Trinajstić information content (AvgIpc) is 3.07. The van der Waals surface area contributed by atoms with Crippen LogP contribution in [0.4, 0.5) is 0 Å². The van der Waals surface area contributed by atoms with Crippen LogP contribution >= 0.6 is 11.6 Å². The van der Waals surface area contributed by atoms with E-state index in [0.717, 1.165) is 28.4 Å². The first-order chi connectivity index (χ1) is 14.4. The summed E-state index contributed by atoms with van der Waals surface area (Å²) in [6.45, 7) is 3.72. The highest BCUT2D eigenvalue weighted by molar-refractivity contribution is 6.30. The normalized spacial score (nSPS) is 18.7. The van der Waals surface area contributed by atoms with Gasteiger partial charge in [-0.25, -0.2) is 0 Å². The molecule has 0 saturated carbocycles. The van der Waals surface area contributed by atoms with E-state index < -0.39 is 12.0 Å². The van der Waals surface area contributed by atoms with Crippen LogP contribution in [0.25, 0.3) is 5.69 Å².